The Labute approximate surface area is 182 Å². The molecule has 0 amide bonds. The van der Waals surface area contributed by atoms with Crippen molar-refractivity contribution in [2.24, 2.45) is 0 Å². The number of methoxy groups -OCH3 is 3. The normalized spacial score (nSPS) is 10.9. The lowest BCUT2D eigenvalue weighted by Crippen LogP contribution is -2.39. The van der Waals surface area contributed by atoms with Gasteiger partial charge in [0.25, 0.3) is 5.56 Å². The molecule has 0 aliphatic heterocycles. The van der Waals surface area contributed by atoms with Crippen molar-refractivity contribution in [1.29, 1.82) is 0 Å². The Kier molecular flexibility index (Phi) is 5.68. The predicted octanol–water partition coefficient (Wildman–Crippen LogP) is 3.37. The van der Waals surface area contributed by atoms with E-state index in [0.29, 0.717) is 33.7 Å². The van der Waals surface area contributed by atoms with E-state index in [4.69, 9.17) is 14.2 Å². The van der Waals surface area contributed by atoms with Crippen molar-refractivity contribution in [2.75, 3.05) is 21.3 Å². The van der Waals surface area contributed by atoms with Crippen LogP contribution >= 0.6 is 0 Å². The second-order valence-electron chi connectivity index (χ2n) is 7.04. The fraction of sp³-hybridized carbons (Fsp3) is 0.167. The molecule has 32 heavy (non-hydrogen) atoms. The number of halogens is 1. The van der Waals surface area contributed by atoms with Crippen LogP contribution in [0.25, 0.3) is 16.6 Å². The SMILES string of the molecule is COc1cc(-n2c(=O)c3ccccc3n(Cc3ccc(F)cc3)c2=O)cc(OC)c1OC. The smallest absolute Gasteiger partial charge is 0.336 e. The second kappa shape index (κ2) is 8.58. The number of benzene rings is 3. The van der Waals surface area contributed by atoms with Crippen LogP contribution in [0.2, 0.25) is 0 Å². The highest BCUT2D eigenvalue weighted by Crippen LogP contribution is 2.38. The molecule has 4 aromatic rings. The van der Waals surface area contributed by atoms with Crippen LogP contribution in [0.1, 0.15) is 5.56 Å². The van der Waals surface area contributed by atoms with Gasteiger partial charge in [0.05, 0.1) is 44.5 Å². The monoisotopic (exact) mass is 436 g/mol. The van der Waals surface area contributed by atoms with E-state index in [2.05, 4.69) is 0 Å². The third kappa shape index (κ3) is 3.60. The average molecular weight is 436 g/mol. The summed E-state index contributed by atoms with van der Waals surface area (Å²) in [6.07, 6.45) is 0. The van der Waals surface area contributed by atoms with Crippen molar-refractivity contribution in [3.05, 3.63) is 92.9 Å². The fourth-order valence-electron chi connectivity index (χ4n) is 3.67. The molecule has 0 aliphatic carbocycles. The molecule has 4 rings (SSSR count). The summed E-state index contributed by atoms with van der Waals surface area (Å²) in [4.78, 5) is 26.9. The molecule has 7 nitrogen and oxygen atoms in total. The Morgan fingerprint density at radius 3 is 2.06 bits per heavy atom. The first-order chi connectivity index (χ1) is 15.5. The maximum absolute atomic E-state index is 13.6. The lowest BCUT2D eigenvalue weighted by atomic mass is 10.2. The van der Waals surface area contributed by atoms with Crippen LogP contribution in [0.4, 0.5) is 4.39 Å². The summed E-state index contributed by atoms with van der Waals surface area (Å²) >= 11 is 0. The largest absolute Gasteiger partial charge is 0.493 e. The molecule has 0 spiro atoms. The summed E-state index contributed by atoms with van der Waals surface area (Å²) in [5.74, 6) is 0.602. The van der Waals surface area contributed by atoms with E-state index in [1.807, 2.05) is 0 Å². The van der Waals surface area contributed by atoms with Crippen LogP contribution in [0.5, 0.6) is 17.2 Å². The lowest BCUT2D eigenvalue weighted by molar-refractivity contribution is 0.324. The molecule has 1 aromatic heterocycles. The quantitative estimate of drug-likeness (QED) is 0.464. The average Bonchev–Trinajstić information content (AvgIpc) is 2.82. The molecule has 0 radical (unpaired) electrons. The molecule has 1 heterocycles. The van der Waals surface area contributed by atoms with Crippen molar-refractivity contribution < 1.29 is 18.6 Å². The van der Waals surface area contributed by atoms with Crippen LogP contribution < -0.4 is 25.5 Å². The first kappa shape index (κ1) is 21.2. The molecular weight excluding hydrogens is 415 g/mol. The fourth-order valence-corrected chi connectivity index (χ4v) is 3.67. The molecule has 0 unspecified atom stereocenters. The zero-order chi connectivity index (χ0) is 22.8. The van der Waals surface area contributed by atoms with E-state index < -0.39 is 11.2 Å². The highest BCUT2D eigenvalue weighted by molar-refractivity contribution is 5.78. The Balaban J connectivity index is 2.02. The molecule has 0 aliphatic rings. The van der Waals surface area contributed by atoms with Gasteiger partial charge in [-0.3, -0.25) is 9.36 Å². The van der Waals surface area contributed by atoms with Gasteiger partial charge in [-0.2, -0.15) is 0 Å². The third-order valence-electron chi connectivity index (χ3n) is 5.21. The van der Waals surface area contributed by atoms with E-state index in [9.17, 15) is 14.0 Å². The molecule has 0 fully saturated rings. The maximum Gasteiger partial charge on any atom is 0.336 e. The Morgan fingerprint density at radius 2 is 1.47 bits per heavy atom. The standard InChI is InChI=1S/C24H21FN2O5/c1-30-20-12-17(13-21(31-2)22(20)32-3)27-23(28)18-6-4-5-7-19(18)26(24(27)29)14-15-8-10-16(25)11-9-15/h4-13H,14H2,1-3H3. The molecule has 0 saturated carbocycles. The van der Waals surface area contributed by atoms with Crippen LogP contribution in [0, 0.1) is 5.82 Å². The van der Waals surface area contributed by atoms with Gasteiger partial charge in [0.1, 0.15) is 5.82 Å². The molecule has 8 heteroatoms. The number of para-hydroxylation sites is 1. The van der Waals surface area contributed by atoms with Gasteiger partial charge in [-0.25, -0.2) is 13.8 Å². The summed E-state index contributed by atoms with van der Waals surface area (Å²) in [5, 5.41) is 0.364. The summed E-state index contributed by atoms with van der Waals surface area (Å²) in [6, 6.07) is 15.8. The Morgan fingerprint density at radius 1 is 0.844 bits per heavy atom. The Bertz CT molecular complexity index is 1380. The van der Waals surface area contributed by atoms with Gasteiger partial charge in [0, 0.05) is 12.1 Å². The van der Waals surface area contributed by atoms with Crippen molar-refractivity contribution in [3.63, 3.8) is 0 Å². The van der Waals surface area contributed by atoms with E-state index in [1.54, 1.807) is 48.5 Å². The van der Waals surface area contributed by atoms with Crippen LogP contribution in [0.3, 0.4) is 0 Å². The number of hydrogen-bond acceptors (Lipinski definition) is 5. The van der Waals surface area contributed by atoms with Crippen LogP contribution in [0.15, 0.2) is 70.3 Å². The first-order valence-corrected chi connectivity index (χ1v) is 9.78. The number of hydrogen-bond donors (Lipinski definition) is 0. The molecule has 0 atom stereocenters. The minimum Gasteiger partial charge on any atom is -0.493 e. The molecule has 0 N–H and O–H groups in total. The van der Waals surface area contributed by atoms with E-state index in [0.717, 1.165) is 4.57 Å². The molecule has 3 aromatic carbocycles. The number of nitrogens with zero attached hydrogens (tertiary/aromatic N) is 2. The van der Waals surface area contributed by atoms with E-state index in [1.165, 1.54) is 38.0 Å². The Hall–Kier alpha value is -4.07. The summed E-state index contributed by atoms with van der Waals surface area (Å²) in [5.41, 5.74) is 0.444. The minimum absolute atomic E-state index is 0.157. The maximum atomic E-state index is 13.6. The van der Waals surface area contributed by atoms with Crippen molar-refractivity contribution >= 4 is 10.9 Å². The topological polar surface area (TPSA) is 71.7 Å². The number of aromatic nitrogens is 2. The third-order valence-corrected chi connectivity index (χ3v) is 5.21. The van der Waals surface area contributed by atoms with Gasteiger partial charge in [-0.05, 0) is 29.8 Å². The van der Waals surface area contributed by atoms with Crippen LogP contribution in [-0.4, -0.2) is 30.5 Å². The van der Waals surface area contributed by atoms with Crippen molar-refractivity contribution in [2.45, 2.75) is 6.54 Å². The zero-order valence-electron chi connectivity index (χ0n) is 17.8. The summed E-state index contributed by atoms with van der Waals surface area (Å²) in [6.45, 7) is 0.157. The number of rotatable bonds is 6. The van der Waals surface area contributed by atoms with Crippen LogP contribution in [-0.2, 0) is 6.54 Å². The number of fused-ring (bicyclic) bond motifs is 1. The predicted molar refractivity (Wildman–Crippen MR) is 119 cm³/mol. The molecule has 0 bridgehead atoms. The number of ether oxygens (including phenoxy) is 3. The van der Waals surface area contributed by atoms with Gasteiger partial charge < -0.3 is 14.2 Å². The summed E-state index contributed by atoms with van der Waals surface area (Å²) < 4.78 is 32.0. The molecule has 0 saturated heterocycles. The van der Waals surface area contributed by atoms with Crippen molar-refractivity contribution in [3.8, 4) is 22.9 Å². The highest BCUT2D eigenvalue weighted by atomic mass is 19.1. The second-order valence-corrected chi connectivity index (χ2v) is 7.04. The van der Waals surface area contributed by atoms with Gasteiger partial charge in [-0.1, -0.05) is 24.3 Å². The highest BCUT2D eigenvalue weighted by Gasteiger charge is 2.19. The van der Waals surface area contributed by atoms with Crippen molar-refractivity contribution in [1.82, 2.24) is 9.13 Å². The first-order valence-electron chi connectivity index (χ1n) is 9.78. The lowest BCUT2D eigenvalue weighted by Gasteiger charge is -2.17. The van der Waals surface area contributed by atoms with E-state index in [-0.39, 0.29) is 18.0 Å². The van der Waals surface area contributed by atoms with Gasteiger partial charge in [0.15, 0.2) is 11.5 Å². The minimum atomic E-state index is -0.549. The summed E-state index contributed by atoms with van der Waals surface area (Å²) in [7, 11) is 4.38. The van der Waals surface area contributed by atoms with Gasteiger partial charge in [0.2, 0.25) is 5.75 Å². The van der Waals surface area contributed by atoms with Gasteiger partial charge >= 0.3 is 5.69 Å². The zero-order valence-corrected chi connectivity index (χ0v) is 17.8. The van der Waals surface area contributed by atoms with E-state index >= 15 is 0 Å². The molecule has 164 valence electrons. The molecular formula is C24H21FN2O5. The van der Waals surface area contributed by atoms with Gasteiger partial charge in [-0.15, -0.1) is 0 Å².